The van der Waals surface area contributed by atoms with Crippen LogP contribution in [0.5, 0.6) is 0 Å². The summed E-state index contributed by atoms with van der Waals surface area (Å²) in [5, 5.41) is 0. The van der Waals surface area contributed by atoms with Crippen molar-refractivity contribution in [3.63, 3.8) is 0 Å². The Bertz CT molecular complexity index is 225. The third-order valence-electron chi connectivity index (χ3n) is 6.35. The van der Waals surface area contributed by atoms with Crippen LogP contribution in [0.3, 0.4) is 0 Å². The van der Waals surface area contributed by atoms with Crippen LogP contribution in [-0.4, -0.2) is 0 Å². The van der Waals surface area contributed by atoms with E-state index < -0.39 is 0 Å². The zero-order valence-corrected chi connectivity index (χ0v) is 23.1. The van der Waals surface area contributed by atoms with E-state index in [9.17, 15) is 0 Å². The molecule has 1 heteroatoms. The standard InChI is InChI=1S/C28H57.Na/c1-3-5-7-9-11-13-15-17-19-21-23-25-27-28-26-24-22-20-18-16-14-12-10-8-6-4-2;/h1,3-28H2,2H3;/q-1;+1. The second-order valence-corrected chi connectivity index (χ2v) is 9.34. The molecule has 170 valence electrons. The molecule has 0 aromatic carbocycles. The van der Waals surface area contributed by atoms with Crippen LogP contribution in [0.1, 0.15) is 174 Å². The maximum absolute atomic E-state index is 3.91. The van der Waals surface area contributed by atoms with Gasteiger partial charge in [-0.1, -0.05) is 167 Å². The Morgan fingerprint density at radius 3 is 0.655 bits per heavy atom. The molecular weight excluding hydrogens is 359 g/mol. The third kappa shape index (κ3) is 31.3. The fraction of sp³-hybridized carbons (Fsp3) is 0.964. The summed E-state index contributed by atoms with van der Waals surface area (Å²) in [6.45, 7) is 6.22. The van der Waals surface area contributed by atoms with Gasteiger partial charge in [0.25, 0.3) is 0 Å². The van der Waals surface area contributed by atoms with Gasteiger partial charge < -0.3 is 6.92 Å². The zero-order chi connectivity index (χ0) is 20.4. The first-order valence-electron chi connectivity index (χ1n) is 13.7. The molecule has 0 atom stereocenters. The van der Waals surface area contributed by atoms with Crippen molar-refractivity contribution in [2.75, 3.05) is 0 Å². The third-order valence-corrected chi connectivity index (χ3v) is 6.35. The normalized spacial score (nSPS) is 11.0. The summed E-state index contributed by atoms with van der Waals surface area (Å²) in [5.41, 5.74) is 0. The van der Waals surface area contributed by atoms with E-state index in [0.29, 0.717) is 0 Å². The van der Waals surface area contributed by atoms with E-state index in [4.69, 9.17) is 0 Å². The molecule has 0 aliphatic rings. The van der Waals surface area contributed by atoms with Crippen LogP contribution in [0, 0.1) is 6.92 Å². The first-order valence-corrected chi connectivity index (χ1v) is 13.7. The Labute approximate surface area is 209 Å². The Hall–Kier alpha value is 1.00. The van der Waals surface area contributed by atoms with Crippen LogP contribution in [0.15, 0.2) is 0 Å². The van der Waals surface area contributed by atoms with Crippen molar-refractivity contribution in [3.05, 3.63) is 6.92 Å². The van der Waals surface area contributed by atoms with Crippen molar-refractivity contribution in [3.8, 4) is 0 Å². The number of hydrogen-bond donors (Lipinski definition) is 0. The summed E-state index contributed by atoms with van der Waals surface area (Å²) in [5.74, 6) is 0. The average molecular weight is 417 g/mol. The predicted molar refractivity (Wildman–Crippen MR) is 131 cm³/mol. The molecule has 0 heterocycles. The Morgan fingerprint density at radius 2 is 0.483 bits per heavy atom. The van der Waals surface area contributed by atoms with Gasteiger partial charge in [0.05, 0.1) is 0 Å². The van der Waals surface area contributed by atoms with Crippen LogP contribution in [-0.2, 0) is 0 Å². The Kier molecular flexibility index (Phi) is 34.6. The summed E-state index contributed by atoms with van der Waals surface area (Å²) < 4.78 is 0. The molecule has 0 N–H and O–H groups in total. The monoisotopic (exact) mass is 416 g/mol. The van der Waals surface area contributed by atoms with Crippen LogP contribution in [0.25, 0.3) is 0 Å². The van der Waals surface area contributed by atoms with Crippen LogP contribution in [0.2, 0.25) is 0 Å². The molecule has 0 rings (SSSR count). The molecule has 0 aromatic rings. The van der Waals surface area contributed by atoms with E-state index >= 15 is 0 Å². The zero-order valence-electron chi connectivity index (χ0n) is 21.1. The van der Waals surface area contributed by atoms with Gasteiger partial charge in [-0.2, -0.15) is 6.42 Å². The first kappa shape index (κ1) is 32.2. The largest absolute Gasteiger partial charge is 1.00 e. The van der Waals surface area contributed by atoms with Crippen LogP contribution in [0.4, 0.5) is 0 Å². The van der Waals surface area contributed by atoms with Crippen molar-refractivity contribution in [2.24, 2.45) is 0 Å². The molecule has 0 bridgehead atoms. The molecule has 0 fully saturated rings. The van der Waals surface area contributed by atoms with E-state index in [1.807, 2.05) is 0 Å². The van der Waals surface area contributed by atoms with Gasteiger partial charge in [-0.3, -0.25) is 0 Å². The molecule has 0 nitrogen and oxygen atoms in total. The minimum Gasteiger partial charge on any atom is -0.343 e. The molecule has 0 aliphatic heterocycles. The summed E-state index contributed by atoms with van der Waals surface area (Å²) in [7, 11) is 0. The average Bonchev–Trinajstić information content (AvgIpc) is 2.71. The Morgan fingerprint density at radius 1 is 0.310 bits per heavy atom. The first-order chi connectivity index (χ1) is 13.9. The van der Waals surface area contributed by atoms with Gasteiger partial charge in [0, 0.05) is 0 Å². The fourth-order valence-electron chi connectivity index (χ4n) is 4.32. The van der Waals surface area contributed by atoms with Gasteiger partial charge in [0.1, 0.15) is 0 Å². The number of rotatable bonds is 25. The van der Waals surface area contributed by atoms with Crippen molar-refractivity contribution < 1.29 is 29.6 Å². The van der Waals surface area contributed by atoms with Crippen molar-refractivity contribution in [2.45, 2.75) is 174 Å². The smallest absolute Gasteiger partial charge is 0.343 e. The second kappa shape index (κ2) is 31.2. The van der Waals surface area contributed by atoms with Gasteiger partial charge >= 0.3 is 29.6 Å². The number of hydrogen-bond acceptors (Lipinski definition) is 0. The van der Waals surface area contributed by atoms with Crippen molar-refractivity contribution >= 4 is 0 Å². The minimum absolute atomic E-state index is 0. The van der Waals surface area contributed by atoms with Gasteiger partial charge in [-0.05, 0) is 0 Å². The topological polar surface area (TPSA) is 0 Å². The second-order valence-electron chi connectivity index (χ2n) is 9.34. The maximum Gasteiger partial charge on any atom is 1.00 e. The van der Waals surface area contributed by atoms with Crippen molar-refractivity contribution in [1.82, 2.24) is 0 Å². The summed E-state index contributed by atoms with van der Waals surface area (Å²) >= 11 is 0. The van der Waals surface area contributed by atoms with Gasteiger partial charge in [0.15, 0.2) is 0 Å². The predicted octanol–water partition coefficient (Wildman–Crippen LogP) is 7.99. The molecule has 0 radical (unpaired) electrons. The van der Waals surface area contributed by atoms with E-state index in [-0.39, 0.29) is 29.6 Å². The van der Waals surface area contributed by atoms with E-state index in [0.717, 1.165) is 6.42 Å². The van der Waals surface area contributed by atoms with Crippen LogP contribution < -0.4 is 29.6 Å². The molecule has 0 aromatic heterocycles. The quantitative estimate of drug-likeness (QED) is 0.0803. The molecule has 0 unspecified atom stereocenters. The SMILES string of the molecule is [CH2-]CCCCCCCCCCCCCCCCCCCCCCCCCCC.[Na+]. The summed E-state index contributed by atoms with van der Waals surface area (Å²) in [6.07, 6.45) is 37.8. The molecule has 0 amide bonds. The molecule has 0 saturated carbocycles. The molecule has 0 saturated heterocycles. The minimum atomic E-state index is 0. The van der Waals surface area contributed by atoms with E-state index in [2.05, 4.69) is 13.8 Å². The Balaban J connectivity index is 0. The molecular formula is C28H57Na. The van der Waals surface area contributed by atoms with E-state index in [1.54, 1.807) is 0 Å². The molecule has 0 spiro atoms. The van der Waals surface area contributed by atoms with Crippen molar-refractivity contribution in [1.29, 1.82) is 0 Å². The molecule has 0 aliphatic carbocycles. The van der Waals surface area contributed by atoms with Crippen LogP contribution >= 0.6 is 0 Å². The van der Waals surface area contributed by atoms with Gasteiger partial charge in [-0.25, -0.2) is 0 Å². The summed E-state index contributed by atoms with van der Waals surface area (Å²) in [4.78, 5) is 0. The number of unbranched alkanes of at least 4 members (excludes halogenated alkanes) is 25. The van der Waals surface area contributed by atoms with Gasteiger partial charge in [-0.15, -0.1) is 0 Å². The maximum atomic E-state index is 3.91. The van der Waals surface area contributed by atoms with E-state index in [1.165, 1.54) is 161 Å². The fourth-order valence-corrected chi connectivity index (χ4v) is 4.32. The summed E-state index contributed by atoms with van der Waals surface area (Å²) in [6, 6.07) is 0. The molecule has 29 heavy (non-hydrogen) atoms. The van der Waals surface area contributed by atoms with Gasteiger partial charge in [0.2, 0.25) is 0 Å².